The minimum Gasteiger partial charge on any atom is -0.383 e. The first-order valence-corrected chi connectivity index (χ1v) is 7.51. The van der Waals surface area contributed by atoms with Crippen LogP contribution in [0.3, 0.4) is 0 Å². The maximum atomic E-state index is 5.88. The Morgan fingerprint density at radius 2 is 2.26 bits per heavy atom. The molecule has 2 aromatic heterocycles. The third-order valence-corrected chi connectivity index (χ3v) is 4.80. The molecule has 19 heavy (non-hydrogen) atoms. The van der Waals surface area contributed by atoms with Crippen LogP contribution in [0.4, 0.5) is 5.82 Å². The Hall–Kier alpha value is -1.50. The lowest BCUT2D eigenvalue weighted by molar-refractivity contribution is 0.425. The van der Waals surface area contributed by atoms with Crippen molar-refractivity contribution in [3.63, 3.8) is 0 Å². The highest BCUT2D eigenvalue weighted by Crippen LogP contribution is 2.31. The van der Waals surface area contributed by atoms with E-state index in [0.29, 0.717) is 17.3 Å². The Labute approximate surface area is 115 Å². The number of nitrogen functional groups attached to an aromatic ring is 1. The molecule has 1 aliphatic carbocycles. The molecule has 0 radical (unpaired) electrons. The number of aromatic nitrogens is 4. The third kappa shape index (κ3) is 2.60. The van der Waals surface area contributed by atoms with Crippen LogP contribution in [0.1, 0.15) is 31.5 Å². The SMILES string of the molecule is Cn1ncc(-c2nc(CSC3CCCC3)no2)c1N. The molecule has 0 unspecified atom stereocenters. The summed E-state index contributed by atoms with van der Waals surface area (Å²) in [4.78, 5) is 4.38. The van der Waals surface area contributed by atoms with Gasteiger partial charge in [-0.25, -0.2) is 0 Å². The van der Waals surface area contributed by atoms with Gasteiger partial charge in [0.25, 0.3) is 5.89 Å². The first-order valence-electron chi connectivity index (χ1n) is 6.46. The van der Waals surface area contributed by atoms with E-state index in [9.17, 15) is 0 Å². The number of hydrogen-bond acceptors (Lipinski definition) is 6. The van der Waals surface area contributed by atoms with Crippen LogP contribution in [0.15, 0.2) is 10.7 Å². The zero-order chi connectivity index (χ0) is 13.2. The van der Waals surface area contributed by atoms with Gasteiger partial charge in [-0.15, -0.1) is 0 Å². The summed E-state index contributed by atoms with van der Waals surface area (Å²) >= 11 is 1.92. The second-order valence-corrected chi connectivity index (χ2v) is 6.09. The van der Waals surface area contributed by atoms with Gasteiger partial charge in [-0.1, -0.05) is 18.0 Å². The van der Waals surface area contributed by atoms with Crippen LogP contribution in [-0.2, 0) is 12.8 Å². The molecule has 6 nitrogen and oxygen atoms in total. The second kappa shape index (κ2) is 5.24. The summed E-state index contributed by atoms with van der Waals surface area (Å²) in [5.74, 6) is 2.52. The minimum atomic E-state index is 0.452. The lowest BCUT2D eigenvalue weighted by atomic mass is 10.3. The van der Waals surface area contributed by atoms with Gasteiger partial charge in [0.15, 0.2) is 5.82 Å². The topological polar surface area (TPSA) is 82.8 Å². The van der Waals surface area contributed by atoms with Gasteiger partial charge in [0.2, 0.25) is 0 Å². The first-order chi connectivity index (χ1) is 9.24. The molecule has 0 spiro atoms. The molecule has 3 rings (SSSR count). The van der Waals surface area contributed by atoms with Crippen molar-refractivity contribution in [3.05, 3.63) is 12.0 Å². The summed E-state index contributed by atoms with van der Waals surface area (Å²) in [6.07, 6.45) is 6.97. The number of anilines is 1. The Balaban J connectivity index is 1.67. The van der Waals surface area contributed by atoms with E-state index in [0.717, 1.165) is 16.8 Å². The molecule has 2 aromatic rings. The van der Waals surface area contributed by atoms with Crippen molar-refractivity contribution >= 4 is 17.6 Å². The monoisotopic (exact) mass is 279 g/mol. The third-order valence-electron chi connectivity index (χ3n) is 3.43. The van der Waals surface area contributed by atoms with E-state index in [1.54, 1.807) is 17.9 Å². The van der Waals surface area contributed by atoms with Gasteiger partial charge in [0.1, 0.15) is 11.4 Å². The smallest absolute Gasteiger partial charge is 0.263 e. The van der Waals surface area contributed by atoms with Gasteiger partial charge in [-0.2, -0.15) is 21.8 Å². The maximum absolute atomic E-state index is 5.88. The molecule has 0 amide bonds. The van der Waals surface area contributed by atoms with Gasteiger partial charge in [-0.3, -0.25) is 4.68 Å². The van der Waals surface area contributed by atoms with E-state index < -0.39 is 0 Å². The van der Waals surface area contributed by atoms with Crippen LogP contribution in [0.2, 0.25) is 0 Å². The van der Waals surface area contributed by atoms with E-state index >= 15 is 0 Å². The van der Waals surface area contributed by atoms with E-state index in [1.807, 2.05) is 11.8 Å². The molecular weight excluding hydrogens is 262 g/mol. The zero-order valence-electron chi connectivity index (χ0n) is 10.9. The Morgan fingerprint density at radius 1 is 1.47 bits per heavy atom. The van der Waals surface area contributed by atoms with Crippen molar-refractivity contribution in [2.24, 2.45) is 7.05 Å². The van der Waals surface area contributed by atoms with E-state index in [4.69, 9.17) is 10.3 Å². The van der Waals surface area contributed by atoms with Crippen LogP contribution < -0.4 is 5.73 Å². The number of aryl methyl sites for hydroxylation is 1. The fraction of sp³-hybridized carbons (Fsp3) is 0.583. The number of rotatable bonds is 4. The van der Waals surface area contributed by atoms with Crippen LogP contribution >= 0.6 is 11.8 Å². The van der Waals surface area contributed by atoms with Crippen LogP contribution in [0.25, 0.3) is 11.5 Å². The number of nitrogens with zero attached hydrogens (tertiary/aromatic N) is 4. The minimum absolute atomic E-state index is 0.452. The van der Waals surface area contributed by atoms with Gasteiger partial charge in [0.05, 0.1) is 11.9 Å². The van der Waals surface area contributed by atoms with E-state index in [2.05, 4.69) is 15.2 Å². The second-order valence-electron chi connectivity index (χ2n) is 4.80. The average Bonchev–Trinajstić information content (AvgIpc) is 3.11. The molecule has 102 valence electrons. The average molecular weight is 279 g/mol. The van der Waals surface area contributed by atoms with Gasteiger partial charge >= 0.3 is 0 Å². The molecule has 0 bridgehead atoms. The fourth-order valence-corrected chi connectivity index (χ4v) is 3.45. The molecule has 7 heteroatoms. The Bertz CT molecular complexity index is 558. The number of thioether (sulfide) groups is 1. The summed E-state index contributed by atoms with van der Waals surface area (Å²) < 4.78 is 6.84. The molecule has 1 aliphatic rings. The highest BCUT2D eigenvalue weighted by Gasteiger charge is 2.18. The highest BCUT2D eigenvalue weighted by molar-refractivity contribution is 7.99. The van der Waals surface area contributed by atoms with Crippen molar-refractivity contribution in [1.82, 2.24) is 19.9 Å². The summed E-state index contributed by atoms with van der Waals surface area (Å²) in [5, 5.41) is 8.83. The molecule has 2 N–H and O–H groups in total. The van der Waals surface area contributed by atoms with Gasteiger partial charge in [0, 0.05) is 12.3 Å². The molecule has 0 aliphatic heterocycles. The van der Waals surface area contributed by atoms with E-state index in [-0.39, 0.29) is 0 Å². The molecule has 2 heterocycles. The molecule has 0 atom stereocenters. The van der Waals surface area contributed by atoms with Gasteiger partial charge < -0.3 is 10.3 Å². The summed E-state index contributed by atoms with van der Waals surface area (Å²) in [7, 11) is 1.78. The lowest BCUT2D eigenvalue weighted by Gasteiger charge is -2.04. The fourth-order valence-electron chi connectivity index (χ4n) is 2.28. The van der Waals surface area contributed by atoms with Crippen LogP contribution in [0, 0.1) is 0 Å². The maximum Gasteiger partial charge on any atom is 0.263 e. The summed E-state index contributed by atoms with van der Waals surface area (Å²) in [6, 6.07) is 0. The van der Waals surface area contributed by atoms with Crippen molar-refractivity contribution in [3.8, 4) is 11.5 Å². The largest absolute Gasteiger partial charge is 0.383 e. The quantitative estimate of drug-likeness (QED) is 0.924. The van der Waals surface area contributed by atoms with Crippen molar-refractivity contribution < 1.29 is 4.52 Å². The molecular formula is C12H17N5OS. The molecule has 0 saturated heterocycles. The number of hydrogen-bond donors (Lipinski definition) is 1. The van der Waals surface area contributed by atoms with Crippen molar-refractivity contribution in [2.45, 2.75) is 36.7 Å². The van der Waals surface area contributed by atoms with Crippen LogP contribution in [0.5, 0.6) is 0 Å². The summed E-state index contributed by atoms with van der Waals surface area (Å²) in [5.41, 5.74) is 6.59. The molecule has 1 saturated carbocycles. The summed E-state index contributed by atoms with van der Waals surface area (Å²) in [6.45, 7) is 0. The van der Waals surface area contributed by atoms with Crippen molar-refractivity contribution in [2.75, 3.05) is 5.73 Å². The zero-order valence-corrected chi connectivity index (χ0v) is 11.7. The lowest BCUT2D eigenvalue weighted by Crippen LogP contribution is -1.98. The van der Waals surface area contributed by atoms with Crippen LogP contribution in [-0.4, -0.2) is 25.2 Å². The highest BCUT2D eigenvalue weighted by atomic mass is 32.2. The molecule has 1 fully saturated rings. The Kier molecular flexibility index (Phi) is 3.46. The van der Waals surface area contributed by atoms with Gasteiger partial charge in [-0.05, 0) is 12.8 Å². The first kappa shape index (κ1) is 12.5. The van der Waals surface area contributed by atoms with Crippen molar-refractivity contribution in [1.29, 1.82) is 0 Å². The predicted molar refractivity (Wildman–Crippen MR) is 74.5 cm³/mol. The number of nitrogens with two attached hydrogens (primary N) is 1. The molecule has 0 aromatic carbocycles. The predicted octanol–water partition coefficient (Wildman–Crippen LogP) is 2.23. The normalized spacial score (nSPS) is 16.3. The Morgan fingerprint density at radius 3 is 2.95 bits per heavy atom. The standard InChI is InChI=1S/C12H17N5OS/c1-17-11(13)9(6-14-17)12-15-10(16-18-12)7-19-8-4-2-3-5-8/h6,8H,2-5,7,13H2,1H3. The van der Waals surface area contributed by atoms with E-state index in [1.165, 1.54) is 25.7 Å².